The summed E-state index contributed by atoms with van der Waals surface area (Å²) in [7, 11) is -2.48. The van der Waals surface area contributed by atoms with Crippen LogP contribution in [0.1, 0.15) is 0 Å². The van der Waals surface area contributed by atoms with E-state index in [1.165, 1.54) is 0 Å². The van der Waals surface area contributed by atoms with E-state index in [0.717, 1.165) is 0 Å². The van der Waals surface area contributed by atoms with Crippen molar-refractivity contribution in [3.63, 3.8) is 0 Å². The van der Waals surface area contributed by atoms with Crippen molar-refractivity contribution in [2.75, 3.05) is 0 Å². The second-order valence-electron chi connectivity index (χ2n) is 0.329. The van der Waals surface area contributed by atoms with Crippen molar-refractivity contribution in [2.24, 2.45) is 0 Å². The molecule has 0 saturated heterocycles. The van der Waals surface area contributed by atoms with Crippen molar-refractivity contribution in [3.05, 3.63) is 0 Å². The Hall–Kier alpha value is 1.68. The van der Waals surface area contributed by atoms with E-state index in [-0.39, 0.29) is 37.7 Å². The molecule has 0 aliphatic rings. The van der Waals surface area contributed by atoms with Gasteiger partial charge in [-0.1, -0.05) is 0 Å². The van der Waals surface area contributed by atoms with Gasteiger partial charge in [0.05, 0.1) is 0 Å². The summed E-state index contributed by atoms with van der Waals surface area (Å²) in [5.41, 5.74) is 0. The monoisotopic (exact) mass is 156 g/mol. The summed E-state index contributed by atoms with van der Waals surface area (Å²) in [5, 5.41) is 0. The quantitative estimate of drug-likeness (QED) is 0.397. The summed E-state index contributed by atoms with van der Waals surface area (Å²) in [4.78, 5) is 0. The molecule has 36 valence electrons. The molecule has 6 heteroatoms. The Morgan fingerprint density at radius 1 is 1.17 bits per heavy atom. The van der Waals surface area contributed by atoms with Gasteiger partial charge in [-0.15, -0.1) is 0 Å². The van der Waals surface area contributed by atoms with E-state index < -0.39 is 17.4 Å². The maximum atomic E-state index is 9.21. The average Bonchev–Trinajstić information content (AvgIpc) is 1.41. The standard InChI is InChI=1S/Ca.H4O3P2.2H/c;1-4-3-5-2;;/h;4-5H2;;. The van der Waals surface area contributed by atoms with Crippen molar-refractivity contribution in [1.29, 1.82) is 0 Å². The predicted octanol–water partition coefficient (Wildman–Crippen LogP) is -0.571. The molecule has 0 aromatic carbocycles. The van der Waals surface area contributed by atoms with Crippen LogP contribution in [0.2, 0.25) is 0 Å². The zero-order valence-corrected chi connectivity index (χ0v) is 4.69. The summed E-state index contributed by atoms with van der Waals surface area (Å²) in [5.74, 6) is 0. The fourth-order valence-corrected chi connectivity index (χ4v) is 0.204. The van der Waals surface area contributed by atoms with Gasteiger partial charge >= 0.3 is 37.7 Å². The number of hydrogen-bond acceptors (Lipinski definition) is 3. The Morgan fingerprint density at radius 3 is 1.50 bits per heavy atom. The molecule has 0 aromatic heterocycles. The molecule has 0 amide bonds. The Labute approximate surface area is 68.0 Å². The minimum absolute atomic E-state index is 0. The Bertz CT molecular complexity index is 38.1. The van der Waals surface area contributed by atoms with E-state index in [9.17, 15) is 9.13 Å². The maximum absolute atomic E-state index is 9.21. The number of hydrogen-bond donors (Lipinski definition) is 0. The van der Waals surface area contributed by atoms with E-state index in [0.29, 0.717) is 0 Å². The Balaban J connectivity index is 0. The molecule has 0 bridgehead atoms. The first-order chi connectivity index (χ1) is 2.41. The van der Waals surface area contributed by atoms with Crippen molar-refractivity contribution >= 4 is 55.1 Å². The molecule has 0 rings (SSSR count). The molecule has 0 N–H and O–H groups in total. The third-order valence-electron chi connectivity index (χ3n) is 0.111. The van der Waals surface area contributed by atoms with Gasteiger partial charge in [0.25, 0.3) is 0 Å². The van der Waals surface area contributed by atoms with E-state index in [1.807, 2.05) is 0 Å². The molecule has 0 heterocycles. The van der Waals surface area contributed by atoms with Crippen LogP contribution >= 0.6 is 17.4 Å². The van der Waals surface area contributed by atoms with Gasteiger partial charge in [-0.05, 0) is 0 Å². The third kappa shape index (κ3) is 9.19. The van der Waals surface area contributed by atoms with Gasteiger partial charge in [0, 0.05) is 0 Å². The zero-order chi connectivity index (χ0) is 4.12. The summed E-state index contributed by atoms with van der Waals surface area (Å²) >= 11 is 0. The molecule has 0 aromatic rings. The van der Waals surface area contributed by atoms with Gasteiger partial charge in [-0.3, -0.25) is 13.4 Å². The molecular formula is H6CaO3P2. The van der Waals surface area contributed by atoms with Crippen LogP contribution in [0.15, 0.2) is 0 Å². The first kappa shape index (κ1) is 10.6. The van der Waals surface area contributed by atoms with Gasteiger partial charge < -0.3 is 0 Å². The van der Waals surface area contributed by atoms with Crippen LogP contribution < -0.4 is 0 Å². The van der Waals surface area contributed by atoms with Gasteiger partial charge in [0.15, 0.2) is 17.4 Å². The van der Waals surface area contributed by atoms with E-state index in [1.54, 1.807) is 0 Å². The summed E-state index contributed by atoms with van der Waals surface area (Å²) in [6.07, 6.45) is 0. The normalized spacial score (nSPS) is 10.7. The van der Waals surface area contributed by atoms with Gasteiger partial charge in [-0.2, -0.15) is 0 Å². The van der Waals surface area contributed by atoms with Crippen LogP contribution in [0.3, 0.4) is 0 Å². The van der Waals surface area contributed by atoms with Crippen LogP contribution in [0, 0.1) is 0 Å². The van der Waals surface area contributed by atoms with E-state index in [4.69, 9.17) is 0 Å². The summed E-state index contributed by atoms with van der Waals surface area (Å²) in [6, 6.07) is 0. The van der Waals surface area contributed by atoms with E-state index >= 15 is 0 Å². The van der Waals surface area contributed by atoms with Crippen LogP contribution in [0.4, 0.5) is 0 Å². The molecule has 6 heavy (non-hydrogen) atoms. The fourth-order valence-electron chi connectivity index (χ4n) is 0.0227. The Kier molecular flexibility index (Phi) is 17.4. The van der Waals surface area contributed by atoms with Crippen LogP contribution in [0.25, 0.3) is 0 Å². The molecule has 0 spiro atoms. The van der Waals surface area contributed by atoms with Crippen molar-refractivity contribution in [1.82, 2.24) is 0 Å². The third-order valence-corrected chi connectivity index (χ3v) is 1.00. The molecule has 0 saturated carbocycles. The first-order valence-electron chi connectivity index (χ1n) is 0.943. The van der Waals surface area contributed by atoms with Crippen LogP contribution in [-0.4, -0.2) is 37.7 Å². The summed E-state index contributed by atoms with van der Waals surface area (Å²) < 4.78 is 22.3. The van der Waals surface area contributed by atoms with Crippen LogP contribution in [-0.2, 0) is 13.4 Å². The minimum atomic E-state index is -1.24. The van der Waals surface area contributed by atoms with Gasteiger partial charge in [0.2, 0.25) is 0 Å². The second kappa shape index (κ2) is 9.84. The molecule has 0 atom stereocenters. The van der Waals surface area contributed by atoms with Crippen LogP contribution in [0.5, 0.6) is 0 Å². The first-order valence-corrected chi connectivity index (χ1v) is 2.83. The summed E-state index contributed by atoms with van der Waals surface area (Å²) in [6.45, 7) is 0. The fraction of sp³-hybridized carbons (Fsp3) is 0. The van der Waals surface area contributed by atoms with Gasteiger partial charge in [0.1, 0.15) is 0 Å². The Morgan fingerprint density at radius 2 is 1.50 bits per heavy atom. The van der Waals surface area contributed by atoms with E-state index in [2.05, 4.69) is 4.31 Å². The predicted molar refractivity (Wildman–Crippen MR) is 30.4 cm³/mol. The molecule has 0 aliphatic heterocycles. The van der Waals surface area contributed by atoms with Gasteiger partial charge in [-0.25, -0.2) is 0 Å². The second-order valence-corrected chi connectivity index (χ2v) is 1.80. The topological polar surface area (TPSA) is 43.4 Å². The SMILES string of the molecule is O=[PH2]O[PH2]=O.[CaH2]. The van der Waals surface area contributed by atoms with Crippen molar-refractivity contribution in [2.45, 2.75) is 0 Å². The number of rotatable bonds is 2. The molecule has 3 nitrogen and oxygen atoms in total. The molecule has 0 aliphatic carbocycles. The molecular weight excluding hydrogens is 150 g/mol. The van der Waals surface area contributed by atoms with Crippen molar-refractivity contribution in [3.8, 4) is 0 Å². The van der Waals surface area contributed by atoms with Crippen molar-refractivity contribution < 1.29 is 13.4 Å². The zero-order valence-electron chi connectivity index (χ0n) is 2.38. The molecule has 0 radical (unpaired) electrons. The molecule has 0 unspecified atom stereocenters. The molecule has 0 fully saturated rings. The average molecular weight is 156 g/mol.